The molecule has 0 saturated carbocycles. The Balaban J connectivity index is 0.00000107. The Kier molecular flexibility index (Phi) is 8.95. The lowest BCUT2D eigenvalue weighted by Crippen LogP contribution is -2.50. The van der Waals surface area contributed by atoms with E-state index in [9.17, 15) is 14.4 Å². The number of rotatable bonds is 5. The molecule has 1 aromatic carbocycles. The Morgan fingerprint density at radius 3 is 2.65 bits per heavy atom. The number of pyridine rings is 1. The van der Waals surface area contributed by atoms with Crippen molar-refractivity contribution in [1.29, 1.82) is 0 Å². The monoisotopic (exact) mass is 429 g/mol. The van der Waals surface area contributed by atoms with Crippen LogP contribution < -0.4 is 10.9 Å². The maximum atomic E-state index is 12.9. The van der Waals surface area contributed by atoms with Crippen LogP contribution in [-0.4, -0.2) is 65.2 Å². The first-order valence-corrected chi connectivity index (χ1v) is 9.86. The minimum absolute atomic E-state index is 0.120. The maximum absolute atomic E-state index is 12.9. The van der Waals surface area contributed by atoms with Gasteiger partial charge >= 0.3 is 0 Å². The van der Waals surface area contributed by atoms with E-state index >= 15 is 0 Å². The SMILES string of the molecule is Cc1ccccc1C(=O)NCCC1COCCN1C(=O)c1ccc(=O)n(C)c1.O=CO. The lowest BCUT2D eigenvalue weighted by atomic mass is 10.1. The van der Waals surface area contributed by atoms with E-state index in [1.54, 1.807) is 30.3 Å². The van der Waals surface area contributed by atoms with E-state index in [1.165, 1.54) is 10.6 Å². The van der Waals surface area contributed by atoms with Gasteiger partial charge in [0.15, 0.2) is 0 Å². The largest absolute Gasteiger partial charge is 0.483 e. The van der Waals surface area contributed by atoms with Crippen molar-refractivity contribution in [2.24, 2.45) is 7.05 Å². The third kappa shape index (κ3) is 6.51. The van der Waals surface area contributed by atoms with Crippen LogP contribution in [0, 0.1) is 6.92 Å². The Morgan fingerprint density at radius 1 is 1.26 bits per heavy atom. The number of nitrogens with one attached hydrogen (secondary N) is 1. The second kappa shape index (κ2) is 11.7. The average Bonchev–Trinajstić information content (AvgIpc) is 2.76. The number of hydrogen-bond acceptors (Lipinski definition) is 5. The summed E-state index contributed by atoms with van der Waals surface area (Å²) in [5, 5.41) is 9.81. The fraction of sp³-hybridized carbons (Fsp3) is 0.364. The van der Waals surface area contributed by atoms with Gasteiger partial charge in [0, 0.05) is 38.0 Å². The maximum Gasteiger partial charge on any atom is 0.290 e. The topological polar surface area (TPSA) is 118 Å². The smallest absolute Gasteiger partial charge is 0.290 e. The van der Waals surface area contributed by atoms with Crippen LogP contribution in [0.15, 0.2) is 47.4 Å². The third-order valence-corrected chi connectivity index (χ3v) is 4.97. The molecule has 9 heteroatoms. The van der Waals surface area contributed by atoms with Gasteiger partial charge in [-0.3, -0.25) is 19.2 Å². The molecule has 0 bridgehead atoms. The molecular weight excluding hydrogens is 402 g/mol. The molecule has 1 aliphatic rings. The normalized spacial score (nSPS) is 15.4. The van der Waals surface area contributed by atoms with Crippen molar-refractivity contribution < 1.29 is 24.2 Å². The number of carboxylic acid groups (broad SMARTS) is 1. The molecule has 2 amide bonds. The van der Waals surface area contributed by atoms with E-state index in [0.717, 1.165) is 5.56 Å². The minimum Gasteiger partial charge on any atom is -0.483 e. The van der Waals surface area contributed by atoms with Gasteiger partial charge < -0.3 is 24.6 Å². The van der Waals surface area contributed by atoms with Gasteiger partial charge in [-0.05, 0) is 31.0 Å². The molecule has 31 heavy (non-hydrogen) atoms. The molecule has 1 atom stereocenters. The predicted octanol–water partition coefficient (Wildman–Crippen LogP) is 1.06. The van der Waals surface area contributed by atoms with E-state index in [-0.39, 0.29) is 29.9 Å². The minimum atomic E-state index is -0.250. The molecule has 166 valence electrons. The standard InChI is InChI=1S/C21H25N3O4.CH2O2/c1-15-5-3-4-6-18(15)20(26)22-10-9-17-14-28-12-11-24(17)21(27)16-7-8-19(25)23(2)13-16;2-1-3/h3-8,13,17H,9-12,14H2,1-2H3,(H,22,26);1H,(H,2,3). The summed E-state index contributed by atoms with van der Waals surface area (Å²) >= 11 is 0. The van der Waals surface area contributed by atoms with Crippen LogP contribution in [0.4, 0.5) is 0 Å². The molecule has 1 aliphatic heterocycles. The Bertz CT molecular complexity index is 972. The van der Waals surface area contributed by atoms with Crippen LogP contribution in [0.25, 0.3) is 0 Å². The molecule has 0 aliphatic carbocycles. The van der Waals surface area contributed by atoms with Crippen molar-refractivity contribution in [1.82, 2.24) is 14.8 Å². The van der Waals surface area contributed by atoms with Crippen molar-refractivity contribution in [2.45, 2.75) is 19.4 Å². The summed E-state index contributed by atoms with van der Waals surface area (Å²) in [4.78, 5) is 46.9. The number of benzene rings is 1. The second-order valence-corrected chi connectivity index (χ2v) is 7.06. The first kappa shape index (κ1) is 23.8. The zero-order chi connectivity index (χ0) is 22.8. The highest BCUT2D eigenvalue weighted by molar-refractivity contribution is 5.95. The number of aromatic nitrogens is 1. The van der Waals surface area contributed by atoms with Gasteiger partial charge in [0.05, 0.1) is 24.8 Å². The van der Waals surface area contributed by atoms with E-state index < -0.39 is 0 Å². The molecule has 2 aromatic rings. The lowest BCUT2D eigenvalue weighted by molar-refractivity contribution is -0.122. The van der Waals surface area contributed by atoms with Gasteiger partial charge in [-0.2, -0.15) is 0 Å². The van der Waals surface area contributed by atoms with Gasteiger partial charge in [-0.1, -0.05) is 18.2 Å². The zero-order valence-electron chi connectivity index (χ0n) is 17.6. The zero-order valence-corrected chi connectivity index (χ0v) is 17.6. The fourth-order valence-corrected chi connectivity index (χ4v) is 3.32. The van der Waals surface area contributed by atoms with E-state index in [4.69, 9.17) is 14.6 Å². The predicted molar refractivity (Wildman–Crippen MR) is 114 cm³/mol. The third-order valence-electron chi connectivity index (χ3n) is 4.97. The lowest BCUT2D eigenvalue weighted by Gasteiger charge is -2.35. The van der Waals surface area contributed by atoms with Gasteiger partial charge in [0.25, 0.3) is 18.3 Å². The summed E-state index contributed by atoms with van der Waals surface area (Å²) in [6.07, 6.45) is 2.15. The summed E-state index contributed by atoms with van der Waals surface area (Å²) in [7, 11) is 1.62. The molecule has 1 aromatic heterocycles. The summed E-state index contributed by atoms with van der Waals surface area (Å²) < 4.78 is 6.93. The van der Waals surface area contributed by atoms with Crippen molar-refractivity contribution >= 4 is 18.3 Å². The van der Waals surface area contributed by atoms with Gasteiger partial charge in [0.2, 0.25) is 5.56 Å². The Morgan fingerprint density at radius 2 is 1.97 bits per heavy atom. The van der Waals surface area contributed by atoms with E-state index in [0.29, 0.717) is 43.9 Å². The van der Waals surface area contributed by atoms with E-state index in [1.807, 2.05) is 25.1 Å². The van der Waals surface area contributed by atoms with Gasteiger partial charge in [0.1, 0.15) is 0 Å². The van der Waals surface area contributed by atoms with Crippen LogP contribution in [0.3, 0.4) is 0 Å². The van der Waals surface area contributed by atoms with Crippen molar-refractivity contribution in [2.75, 3.05) is 26.3 Å². The molecule has 1 fully saturated rings. The fourth-order valence-electron chi connectivity index (χ4n) is 3.32. The molecule has 2 N–H and O–H groups in total. The number of carbonyl (C=O) groups is 3. The van der Waals surface area contributed by atoms with Crippen molar-refractivity contribution in [3.8, 4) is 0 Å². The van der Waals surface area contributed by atoms with Crippen molar-refractivity contribution in [3.05, 3.63) is 69.6 Å². The number of nitrogens with zero attached hydrogens (tertiary/aromatic N) is 2. The molecule has 1 saturated heterocycles. The number of ether oxygens (including phenoxy) is 1. The van der Waals surface area contributed by atoms with Crippen LogP contribution in [0.2, 0.25) is 0 Å². The summed E-state index contributed by atoms with van der Waals surface area (Å²) in [5.41, 5.74) is 1.89. The van der Waals surface area contributed by atoms with Gasteiger partial charge in [-0.15, -0.1) is 0 Å². The number of aryl methyl sites for hydroxylation is 2. The molecule has 0 spiro atoms. The van der Waals surface area contributed by atoms with Crippen LogP contribution in [0.5, 0.6) is 0 Å². The van der Waals surface area contributed by atoms with Crippen LogP contribution in [-0.2, 0) is 16.6 Å². The first-order valence-electron chi connectivity index (χ1n) is 9.86. The first-order chi connectivity index (χ1) is 14.9. The highest BCUT2D eigenvalue weighted by Gasteiger charge is 2.28. The molecule has 3 rings (SSSR count). The summed E-state index contributed by atoms with van der Waals surface area (Å²) in [6, 6.07) is 10.2. The highest BCUT2D eigenvalue weighted by atomic mass is 16.5. The van der Waals surface area contributed by atoms with E-state index in [2.05, 4.69) is 5.32 Å². The highest BCUT2D eigenvalue weighted by Crippen LogP contribution is 2.15. The van der Waals surface area contributed by atoms with Crippen molar-refractivity contribution in [3.63, 3.8) is 0 Å². The Labute approximate surface area is 180 Å². The summed E-state index contributed by atoms with van der Waals surface area (Å²) in [5.74, 6) is -0.250. The summed E-state index contributed by atoms with van der Waals surface area (Å²) in [6.45, 7) is 3.48. The quantitative estimate of drug-likeness (QED) is 0.686. The average molecular weight is 429 g/mol. The molecule has 2 heterocycles. The number of hydrogen-bond donors (Lipinski definition) is 2. The number of morpholine rings is 1. The molecule has 1 unspecified atom stereocenters. The van der Waals surface area contributed by atoms with Gasteiger partial charge in [-0.25, -0.2) is 0 Å². The second-order valence-electron chi connectivity index (χ2n) is 7.06. The van der Waals surface area contributed by atoms with Crippen LogP contribution in [0.1, 0.15) is 32.7 Å². The molecule has 9 nitrogen and oxygen atoms in total. The Hall–Kier alpha value is -3.46. The molecule has 0 radical (unpaired) electrons. The number of amides is 2. The number of carbonyl (C=O) groups excluding carboxylic acids is 2. The molecular formula is C22H27N3O6. The van der Waals surface area contributed by atoms with Crippen LogP contribution >= 0.6 is 0 Å².